The van der Waals surface area contributed by atoms with Crippen LogP contribution < -0.4 is 30.7 Å². The average molecular weight is 414 g/mol. The Morgan fingerprint density at radius 2 is 1.57 bits per heavy atom. The van der Waals surface area contributed by atoms with Crippen LogP contribution in [0.2, 0.25) is 0 Å². The number of hydrogen-bond donors (Lipinski definition) is 4. The molecular weight excluding hydrogens is 388 g/mol. The molecule has 0 aromatic heterocycles. The maximum atomic E-state index is 12.1. The topological polar surface area (TPSA) is 118 Å². The number of urea groups is 1. The van der Waals surface area contributed by atoms with Crippen molar-refractivity contribution in [1.29, 1.82) is 0 Å². The van der Waals surface area contributed by atoms with Crippen LogP contribution in [-0.4, -0.2) is 44.7 Å². The fraction of sp³-hybridized carbons (Fsp3) is 0.286. The Labute approximate surface area is 175 Å². The van der Waals surface area contributed by atoms with E-state index < -0.39 is 11.9 Å². The second kappa shape index (κ2) is 11.3. The summed E-state index contributed by atoms with van der Waals surface area (Å²) in [5.41, 5.74) is 1.37. The predicted octanol–water partition coefficient (Wildman–Crippen LogP) is 2.60. The summed E-state index contributed by atoms with van der Waals surface area (Å²) in [6.07, 6.45) is 0. The Hall–Kier alpha value is -3.75. The van der Waals surface area contributed by atoms with Crippen molar-refractivity contribution < 1.29 is 23.9 Å². The number of carbonyl (C=O) groups excluding carboxylic acids is 3. The van der Waals surface area contributed by atoms with Crippen LogP contribution in [0.15, 0.2) is 42.5 Å². The highest BCUT2D eigenvalue weighted by molar-refractivity contribution is 5.99. The number of hydrogen-bond acceptors (Lipinski definition) is 5. The van der Waals surface area contributed by atoms with Crippen molar-refractivity contribution in [2.75, 3.05) is 37.4 Å². The van der Waals surface area contributed by atoms with Crippen molar-refractivity contribution in [2.24, 2.45) is 0 Å². The summed E-state index contributed by atoms with van der Waals surface area (Å²) in [7, 11) is 1.53. The van der Waals surface area contributed by atoms with Crippen molar-refractivity contribution >= 4 is 29.2 Å². The highest BCUT2D eigenvalue weighted by atomic mass is 16.5. The van der Waals surface area contributed by atoms with Crippen LogP contribution in [0.5, 0.6) is 11.5 Å². The molecule has 2 aromatic rings. The number of ether oxygens (including phenoxy) is 2. The number of nitrogens with one attached hydrogen (secondary N) is 4. The van der Waals surface area contributed by atoms with Gasteiger partial charge >= 0.3 is 6.03 Å². The molecule has 0 saturated carbocycles. The summed E-state index contributed by atoms with van der Waals surface area (Å²) >= 11 is 0. The minimum atomic E-state index is -0.545. The van der Waals surface area contributed by atoms with E-state index in [-0.39, 0.29) is 12.5 Å². The number of benzene rings is 2. The van der Waals surface area contributed by atoms with Gasteiger partial charge in [0.25, 0.3) is 5.91 Å². The molecule has 0 heterocycles. The zero-order valence-corrected chi connectivity index (χ0v) is 17.2. The van der Waals surface area contributed by atoms with Gasteiger partial charge in [-0.2, -0.15) is 0 Å². The van der Waals surface area contributed by atoms with Crippen LogP contribution in [0.1, 0.15) is 24.2 Å². The van der Waals surface area contributed by atoms with E-state index in [0.29, 0.717) is 41.7 Å². The van der Waals surface area contributed by atoms with Crippen LogP contribution in [0.25, 0.3) is 0 Å². The van der Waals surface area contributed by atoms with Gasteiger partial charge in [-0.3, -0.25) is 9.59 Å². The predicted molar refractivity (Wildman–Crippen MR) is 114 cm³/mol. The van der Waals surface area contributed by atoms with E-state index in [9.17, 15) is 14.4 Å². The molecule has 2 rings (SSSR count). The molecule has 4 amide bonds. The van der Waals surface area contributed by atoms with Crippen molar-refractivity contribution in [3.8, 4) is 11.5 Å². The summed E-state index contributed by atoms with van der Waals surface area (Å²) < 4.78 is 11.0. The van der Waals surface area contributed by atoms with E-state index in [1.54, 1.807) is 42.5 Å². The Balaban J connectivity index is 1.89. The minimum Gasteiger partial charge on any atom is -0.490 e. The lowest BCUT2D eigenvalue weighted by atomic mass is 10.2. The molecule has 9 nitrogen and oxygen atoms in total. The first-order valence-electron chi connectivity index (χ1n) is 9.53. The van der Waals surface area contributed by atoms with Gasteiger partial charge in [0.05, 0.1) is 19.8 Å². The van der Waals surface area contributed by atoms with Gasteiger partial charge < -0.3 is 30.7 Å². The molecule has 4 N–H and O–H groups in total. The maximum absolute atomic E-state index is 12.1. The SMILES string of the molecule is CCOc1ccc(NC(=O)NCC(=O)Nc2cccc(C(=O)NC)c2)cc1OCC. The number of amides is 4. The second-order valence-electron chi connectivity index (χ2n) is 6.04. The van der Waals surface area contributed by atoms with Crippen LogP contribution >= 0.6 is 0 Å². The summed E-state index contributed by atoms with van der Waals surface area (Å²) in [5.74, 6) is 0.417. The highest BCUT2D eigenvalue weighted by Gasteiger charge is 2.10. The monoisotopic (exact) mass is 414 g/mol. The number of carbonyl (C=O) groups is 3. The molecule has 9 heteroatoms. The lowest BCUT2D eigenvalue weighted by Crippen LogP contribution is -2.35. The van der Waals surface area contributed by atoms with Gasteiger partial charge in [0.2, 0.25) is 5.91 Å². The van der Waals surface area contributed by atoms with E-state index in [2.05, 4.69) is 21.3 Å². The van der Waals surface area contributed by atoms with E-state index in [4.69, 9.17) is 9.47 Å². The van der Waals surface area contributed by atoms with Gasteiger partial charge in [0, 0.05) is 30.1 Å². The van der Waals surface area contributed by atoms with Crippen molar-refractivity contribution in [3.63, 3.8) is 0 Å². The highest BCUT2D eigenvalue weighted by Crippen LogP contribution is 2.30. The standard InChI is InChI=1S/C21H26N4O5/c1-4-29-17-10-9-16(12-18(17)30-5-2)25-21(28)23-13-19(26)24-15-8-6-7-14(11-15)20(27)22-3/h6-12H,4-5,13H2,1-3H3,(H,22,27)(H,24,26)(H2,23,25,28). The summed E-state index contributed by atoms with van der Waals surface area (Å²) in [4.78, 5) is 35.8. The molecule has 0 saturated heterocycles. The fourth-order valence-corrected chi connectivity index (χ4v) is 2.55. The van der Waals surface area contributed by atoms with Gasteiger partial charge in [-0.25, -0.2) is 4.79 Å². The molecule has 0 unspecified atom stereocenters. The largest absolute Gasteiger partial charge is 0.490 e. The minimum absolute atomic E-state index is 0.245. The Kier molecular flexibility index (Phi) is 8.49. The van der Waals surface area contributed by atoms with Gasteiger partial charge in [0.1, 0.15) is 0 Å². The Morgan fingerprint density at radius 1 is 0.867 bits per heavy atom. The third-order valence-corrected chi connectivity index (χ3v) is 3.85. The third-order valence-electron chi connectivity index (χ3n) is 3.85. The molecule has 0 atom stereocenters. The zero-order valence-electron chi connectivity index (χ0n) is 17.2. The number of rotatable bonds is 9. The quantitative estimate of drug-likeness (QED) is 0.503. The van der Waals surface area contributed by atoms with Crippen LogP contribution in [0.4, 0.5) is 16.2 Å². The van der Waals surface area contributed by atoms with E-state index >= 15 is 0 Å². The molecular formula is C21H26N4O5. The molecule has 160 valence electrons. The lowest BCUT2D eigenvalue weighted by Gasteiger charge is -2.13. The molecule has 0 aliphatic heterocycles. The van der Waals surface area contributed by atoms with Crippen LogP contribution in [0.3, 0.4) is 0 Å². The van der Waals surface area contributed by atoms with Gasteiger partial charge in [-0.1, -0.05) is 6.07 Å². The van der Waals surface area contributed by atoms with E-state index in [1.165, 1.54) is 7.05 Å². The van der Waals surface area contributed by atoms with Crippen LogP contribution in [-0.2, 0) is 4.79 Å². The molecule has 0 aliphatic rings. The smallest absolute Gasteiger partial charge is 0.319 e. The van der Waals surface area contributed by atoms with Crippen LogP contribution in [0, 0.1) is 0 Å². The maximum Gasteiger partial charge on any atom is 0.319 e. The second-order valence-corrected chi connectivity index (χ2v) is 6.04. The molecule has 0 bridgehead atoms. The molecule has 0 fully saturated rings. The first-order valence-corrected chi connectivity index (χ1v) is 9.53. The molecule has 0 radical (unpaired) electrons. The first kappa shape index (κ1) is 22.5. The lowest BCUT2D eigenvalue weighted by molar-refractivity contribution is -0.115. The Morgan fingerprint density at radius 3 is 2.27 bits per heavy atom. The van der Waals surface area contributed by atoms with Crippen molar-refractivity contribution in [1.82, 2.24) is 10.6 Å². The number of anilines is 2. The van der Waals surface area contributed by atoms with E-state index in [0.717, 1.165) is 0 Å². The zero-order chi connectivity index (χ0) is 21.9. The molecule has 2 aromatic carbocycles. The molecule has 0 spiro atoms. The molecule has 0 aliphatic carbocycles. The summed E-state index contributed by atoms with van der Waals surface area (Å²) in [6.45, 7) is 4.43. The summed E-state index contributed by atoms with van der Waals surface area (Å²) in [6, 6.07) is 11.0. The van der Waals surface area contributed by atoms with Crippen molar-refractivity contribution in [3.05, 3.63) is 48.0 Å². The third kappa shape index (κ3) is 6.69. The van der Waals surface area contributed by atoms with Crippen molar-refractivity contribution in [2.45, 2.75) is 13.8 Å². The van der Waals surface area contributed by atoms with E-state index in [1.807, 2.05) is 13.8 Å². The summed E-state index contributed by atoms with van der Waals surface area (Å²) in [5, 5.41) is 10.3. The fourth-order valence-electron chi connectivity index (χ4n) is 2.55. The van der Waals surface area contributed by atoms with Gasteiger partial charge in [0.15, 0.2) is 11.5 Å². The average Bonchev–Trinajstić information content (AvgIpc) is 2.74. The molecule has 30 heavy (non-hydrogen) atoms. The first-order chi connectivity index (χ1) is 14.5. The Bertz CT molecular complexity index is 901. The van der Waals surface area contributed by atoms with Gasteiger partial charge in [-0.05, 0) is 44.2 Å². The normalized spacial score (nSPS) is 9.97. The van der Waals surface area contributed by atoms with Gasteiger partial charge in [-0.15, -0.1) is 0 Å².